The van der Waals surface area contributed by atoms with Gasteiger partial charge >= 0.3 is 0 Å². The summed E-state index contributed by atoms with van der Waals surface area (Å²) >= 11 is 1.62. The lowest BCUT2D eigenvalue weighted by Gasteiger charge is -2.15. The first-order chi connectivity index (χ1) is 8.63. The molecule has 4 nitrogen and oxygen atoms in total. The van der Waals surface area contributed by atoms with Gasteiger partial charge in [0.05, 0.1) is 12.2 Å². The first-order valence-electron chi connectivity index (χ1n) is 5.71. The van der Waals surface area contributed by atoms with Gasteiger partial charge in [0.25, 0.3) is 5.91 Å². The van der Waals surface area contributed by atoms with Gasteiger partial charge in [0, 0.05) is 18.4 Å². The number of thioether (sulfide) groups is 1. The molecular formula is C13H16N2O2S. The number of amides is 1. The van der Waals surface area contributed by atoms with Crippen LogP contribution < -0.4 is 0 Å². The normalized spacial score (nSPS) is 18.6. The predicted octanol–water partition coefficient (Wildman–Crippen LogP) is 1.88. The van der Waals surface area contributed by atoms with Crippen molar-refractivity contribution in [3.8, 4) is 0 Å². The van der Waals surface area contributed by atoms with Crippen molar-refractivity contribution in [1.82, 2.24) is 5.06 Å². The number of nitrogens with zero attached hydrogens (tertiary/aromatic N) is 2. The Labute approximate surface area is 111 Å². The number of aryl methyl sites for hydroxylation is 1. The fourth-order valence-electron chi connectivity index (χ4n) is 1.76. The van der Waals surface area contributed by atoms with E-state index in [9.17, 15) is 4.79 Å². The van der Waals surface area contributed by atoms with Crippen molar-refractivity contribution in [2.24, 2.45) is 4.99 Å². The maximum Gasteiger partial charge on any atom is 0.271 e. The highest BCUT2D eigenvalue weighted by Crippen LogP contribution is 2.26. The van der Waals surface area contributed by atoms with Crippen LogP contribution in [0, 0.1) is 6.92 Å². The first kappa shape index (κ1) is 13.1. The Kier molecular flexibility index (Phi) is 4.04. The zero-order valence-corrected chi connectivity index (χ0v) is 11.5. The molecule has 0 radical (unpaired) electrons. The largest absolute Gasteiger partial charge is 0.274 e. The number of benzene rings is 1. The van der Waals surface area contributed by atoms with Gasteiger partial charge in [-0.1, -0.05) is 24.3 Å². The van der Waals surface area contributed by atoms with Crippen LogP contribution in [-0.2, 0) is 9.63 Å². The van der Waals surface area contributed by atoms with E-state index in [1.807, 2.05) is 18.2 Å². The van der Waals surface area contributed by atoms with E-state index < -0.39 is 0 Å². The van der Waals surface area contributed by atoms with Gasteiger partial charge in [-0.05, 0) is 12.5 Å². The summed E-state index contributed by atoms with van der Waals surface area (Å²) in [5.41, 5.74) is 2.29. The molecule has 1 aromatic carbocycles. The molecule has 1 atom stereocenters. The molecule has 0 fully saturated rings. The van der Waals surface area contributed by atoms with Gasteiger partial charge in [-0.25, -0.2) is 5.06 Å². The molecule has 2 rings (SSSR count). The molecule has 96 valence electrons. The van der Waals surface area contributed by atoms with E-state index in [0.29, 0.717) is 5.75 Å². The van der Waals surface area contributed by atoms with Gasteiger partial charge in [-0.15, -0.1) is 11.8 Å². The number of carbonyl (C=O) groups is 1. The van der Waals surface area contributed by atoms with Crippen LogP contribution >= 0.6 is 11.8 Å². The minimum atomic E-state index is -0.338. The third-order valence-corrected chi connectivity index (χ3v) is 3.98. The van der Waals surface area contributed by atoms with Crippen molar-refractivity contribution in [1.29, 1.82) is 0 Å². The smallest absolute Gasteiger partial charge is 0.271 e. The number of likely N-dealkylation sites (N-methyl/N-ethyl adjacent to an activating group) is 1. The molecule has 0 unspecified atom stereocenters. The monoisotopic (exact) mass is 264 g/mol. The van der Waals surface area contributed by atoms with E-state index in [4.69, 9.17) is 4.84 Å². The van der Waals surface area contributed by atoms with Crippen LogP contribution in [0.4, 0.5) is 0 Å². The highest BCUT2D eigenvalue weighted by Gasteiger charge is 2.28. The molecule has 0 spiro atoms. The van der Waals surface area contributed by atoms with Crippen LogP contribution in [0.5, 0.6) is 0 Å². The molecule has 1 aliphatic heterocycles. The minimum absolute atomic E-state index is 0.103. The third kappa shape index (κ3) is 2.57. The summed E-state index contributed by atoms with van der Waals surface area (Å²) in [5.74, 6) is 0.574. The number of hydrogen-bond acceptors (Lipinski definition) is 4. The minimum Gasteiger partial charge on any atom is -0.274 e. The third-order valence-electron chi connectivity index (χ3n) is 2.90. The van der Waals surface area contributed by atoms with Crippen molar-refractivity contribution in [2.45, 2.75) is 13.0 Å². The lowest BCUT2D eigenvalue weighted by molar-refractivity contribution is -0.169. The number of carbonyl (C=O) groups excluding carboxylic acids is 1. The highest BCUT2D eigenvalue weighted by molar-refractivity contribution is 8.14. The number of rotatable bonds is 3. The fourth-order valence-corrected chi connectivity index (χ4v) is 2.88. The van der Waals surface area contributed by atoms with Crippen LogP contribution in [0.1, 0.15) is 11.1 Å². The summed E-state index contributed by atoms with van der Waals surface area (Å²) in [5, 5.41) is 2.17. The number of hydroxylamine groups is 2. The van der Waals surface area contributed by atoms with Crippen LogP contribution in [-0.4, -0.2) is 42.0 Å². The Morgan fingerprint density at radius 3 is 2.89 bits per heavy atom. The Morgan fingerprint density at radius 2 is 2.22 bits per heavy atom. The Balaban J connectivity index is 2.19. The summed E-state index contributed by atoms with van der Waals surface area (Å²) in [4.78, 5) is 21.3. The van der Waals surface area contributed by atoms with E-state index in [-0.39, 0.29) is 11.9 Å². The average molecular weight is 264 g/mol. The van der Waals surface area contributed by atoms with Gasteiger partial charge in [0.15, 0.2) is 0 Å². The number of aliphatic imine (C=N–C) groups is 1. The van der Waals surface area contributed by atoms with Crippen LogP contribution in [0.3, 0.4) is 0 Å². The molecule has 0 aromatic heterocycles. The zero-order valence-electron chi connectivity index (χ0n) is 10.7. The Hall–Kier alpha value is -1.33. The molecule has 0 N–H and O–H groups in total. The molecule has 5 heteroatoms. The summed E-state index contributed by atoms with van der Waals surface area (Å²) in [6.07, 6.45) is 0. The fraction of sp³-hybridized carbons (Fsp3) is 0.385. The lowest BCUT2D eigenvalue weighted by Crippen LogP contribution is -2.34. The molecule has 1 amide bonds. The van der Waals surface area contributed by atoms with Gasteiger partial charge in [-0.2, -0.15) is 0 Å². The molecule has 1 aliphatic rings. The van der Waals surface area contributed by atoms with Crippen LogP contribution in [0.15, 0.2) is 29.3 Å². The topological polar surface area (TPSA) is 41.9 Å². The standard InChI is InChI=1S/C13H16N2O2S/c1-9-6-4-5-7-10(9)12-14-11(8-18-12)13(16)15(2)17-3/h4-7,11H,8H2,1-3H3/t11-/m0/s1. The summed E-state index contributed by atoms with van der Waals surface area (Å²) in [6, 6.07) is 7.74. The molecule has 18 heavy (non-hydrogen) atoms. The lowest BCUT2D eigenvalue weighted by atomic mass is 10.1. The van der Waals surface area contributed by atoms with Gasteiger partial charge in [0.2, 0.25) is 0 Å². The zero-order chi connectivity index (χ0) is 13.1. The van der Waals surface area contributed by atoms with Crippen molar-refractivity contribution >= 4 is 22.7 Å². The predicted molar refractivity (Wildman–Crippen MR) is 73.7 cm³/mol. The maximum atomic E-state index is 11.9. The quantitative estimate of drug-likeness (QED) is 0.783. The molecule has 0 aliphatic carbocycles. The molecule has 0 saturated heterocycles. The molecule has 0 bridgehead atoms. The van der Waals surface area contributed by atoms with Crippen molar-refractivity contribution in [3.05, 3.63) is 35.4 Å². The summed E-state index contributed by atoms with van der Waals surface area (Å²) in [6.45, 7) is 2.05. The maximum absolute atomic E-state index is 11.9. The molecule has 1 heterocycles. The molecule has 0 saturated carbocycles. The Morgan fingerprint density at radius 1 is 1.50 bits per heavy atom. The van der Waals surface area contributed by atoms with E-state index in [0.717, 1.165) is 10.6 Å². The van der Waals surface area contributed by atoms with E-state index in [2.05, 4.69) is 18.0 Å². The Bertz CT molecular complexity index is 488. The van der Waals surface area contributed by atoms with Crippen molar-refractivity contribution in [2.75, 3.05) is 19.9 Å². The van der Waals surface area contributed by atoms with Gasteiger partial charge in [-0.3, -0.25) is 14.6 Å². The van der Waals surface area contributed by atoms with Crippen molar-refractivity contribution in [3.63, 3.8) is 0 Å². The SMILES string of the molecule is CON(C)C(=O)[C@@H]1CSC(c2ccccc2C)=N1. The molecule has 1 aromatic rings. The summed E-state index contributed by atoms with van der Waals surface area (Å²) < 4.78 is 0. The van der Waals surface area contributed by atoms with Crippen LogP contribution in [0.2, 0.25) is 0 Å². The average Bonchev–Trinajstić information content (AvgIpc) is 2.87. The van der Waals surface area contributed by atoms with Crippen molar-refractivity contribution < 1.29 is 9.63 Å². The second kappa shape index (κ2) is 5.54. The molecular weight excluding hydrogens is 248 g/mol. The van der Waals surface area contributed by atoms with E-state index >= 15 is 0 Å². The van der Waals surface area contributed by atoms with E-state index in [1.54, 1.807) is 18.8 Å². The van der Waals surface area contributed by atoms with Crippen LogP contribution in [0.25, 0.3) is 0 Å². The first-order valence-corrected chi connectivity index (χ1v) is 6.70. The van der Waals surface area contributed by atoms with Gasteiger partial charge in [0.1, 0.15) is 6.04 Å². The second-order valence-corrected chi connectivity index (χ2v) is 5.10. The number of hydrogen-bond donors (Lipinski definition) is 0. The highest BCUT2D eigenvalue weighted by atomic mass is 32.2. The second-order valence-electron chi connectivity index (χ2n) is 4.09. The van der Waals surface area contributed by atoms with Gasteiger partial charge < -0.3 is 0 Å². The van der Waals surface area contributed by atoms with E-state index in [1.165, 1.54) is 17.7 Å². The summed E-state index contributed by atoms with van der Waals surface area (Å²) in [7, 11) is 3.08.